The summed E-state index contributed by atoms with van der Waals surface area (Å²) in [4.78, 5) is 2.52. The first-order valence-electron chi connectivity index (χ1n) is 19.8. The van der Waals surface area contributed by atoms with Crippen molar-refractivity contribution in [1.82, 2.24) is 0 Å². The van der Waals surface area contributed by atoms with Gasteiger partial charge in [-0.05, 0) is 154 Å². The summed E-state index contributed by atoms with van der Waals surface area (Å²) in [6.07, 6.45) is 12.5. The van der Waals surface area contributed by atoms with Crippen LogP contribution in [0.1, 0.15) is 106 Å². The molecule has 254 valence electrons. The molecule has 1 nitrogen and oxygen atoms in total. The van der Waals surface area contributed by atoms with E-state index in [0.29, 0.717) is 5.92 Å². The minimum Gasteiger partial charge on any atom is -0.310 e. The Kier molecular flexibility index (Phi) is 7.49. The lowest BCUT2D eigenvalue weighted by Crippen LogP contribution is -2.17. The summed E-state index contributed by atoms with van der Waals surface area (Å²) in [5.41, 5.74) is 14.8. The molecule has 51 heavy (non-hydrogen) atoms. The molecule has 0 amide bonds. The molecule has 0 aliphatic heterocycles. The van der Waals surface area contributed by atoms with Crippen molar-refractivity contribution in [1.29, 1.82) is 0 Å². The maximum atomic E-state index is 2.52. The van der Waals surface area contributed by atoms with Gasteiger partial charge >= 0.3 is 0 Å². The molecular formula is C50H49N. The number of hydrogen-bond donors (Lipinski definition) is 0. The van der Waals surface area contributed by atoms with Gasteiger partial charge in [0.05, 0.1) is 0 Å². The Labute approximate surface area is 304 Å². The molecular weight excluding hydrogens is 615 g/mol. The molecule has 6 aromatic carbocycles. The molecule has 0 aromatic heterocycles. The van der Waals surface area contributed by atoms with E-state index >= 15 is 0 Å². The van der Waals surface area contributed by atoms with E-state index in [-0.39, 0.29) is 5.41 Å². The van der Waals surface area contributed by atoms with Crippen LogP contribution in [0.4, 0.5) is 17.1 Å². The van der Waals surface area contributed by atoms with Crippen LogP contribution < -0.4 is 4.90 Å². The van der Waals surface area contributed by atoms with E-state index in [1.54, 1.807) is 5.56 Å². The first-order chi connectivity index (χ1) is 25.0. The Morgan fingerprint density at radius 2 is 1.20 bits per heavy atom. The van der Waals surface area contributed by atoms with Crippen molar-refractivity contribution in [3.8, 4) is 22.3 Å². The van der Waals surface area contributed by atoms with Gasteiger partial charge in [0.15, 0.2) is 0 Å². The zero-order valence-electron chi connectivity index (χ0n) is 30.2. The predicted octanol–water partition coefficient (Wildman–Crippen LogP) is 14.2. The molecule has 3 atom stereocenters. The highest BCUT2D eigenvalue weighted by atomic mass is 15.1. The van der Waals surface area contributed by atoms with Crippen LogP contribution >= 0.6 is 0 Å². The van der Waals surface area contributed by atoms with Crippen molar-refractivity contribution < 1.29 is 0 Å². The first kappa shape index (κ1) is 31.1. The van der Waals surface area contributed by atoms with Crippen LogP contribution in [0, 0.1) is 11.8 Å². The minimum absolute atomic E-state index is 0.110. The van der Waals surface area contributed by atoms with Crippen LogP contribution in [0.3, 0.4) is 0 Å². The van der Waals surface area contributed by atoms with E-state index in [4.69, 9.17) is 0 Å². The first-order valence-corrected chi connectivity index (χ1v) is 19.8. The Morgan fingerprint density at radius 3 is 1.96 bits per heavy atom. The summed E-state index contributed by atoms with van der Waals surface area (Å²) in [5, 5.41) is 2.67. The SMILES string of the molecule is CC1(C)c2cc(-c3ccccc3)ccc2-c2ccc(N(c3ccc(C4CC5CCC4C5)cc3)c3ccc4ccc(C5CCCCC5)cc4c3)cc21. The molecule has 0 N–H and O–H groups in total. The normalized spacial score (nSPS) is 21.9. The molecule has 3 fully saturated rings. The second kappa shape index (κ2) is 12.3. The molecule has 3 saturated carbocycles. The molecule has 0 radical (unpaired) electrons. The monoisotopic (exact) mass is 663 g/mol. The number of rotatable bonds is 6. The Bertz CT molecular complexity index is 2240. The van der Waals surface area contributed by atoms with E-state index in [1.165, 1.54) is 125 Å². The van der Waals surface area contributed by atoms with Gasteiger partial charge in [0.2, 0.25) is 0 Å². The summed E-state index contributed by atoms with van der Waals surface area (Å²) in [5.74, 6) is 3.28. The number of fused-ring (bicyclic) bond motifs is 6. The minimum atomic E-state index is -0.110. The number of nitrogens with zero attached hydrogens (tertiary/aromatic N) is 1. The second-order valence-corrected chi connectivity index (χ2v) is 16.8. The third-order valence-electron chi connectivity index (χ3n) is 13.5. The zero-order valence-corrected chi connectivity index (χ0v) is 30.2. The molecule has 1 heteroatoms. The third kappa shape index (κ3) is 5.35. The molecule has 3 unspecified atom stereocenters. The average Bonchev–Trinajstić information content (AvgIpc) is 3.88. The van der Waals surface area contributed by atoms with Crippen molar-refractivity contribution in [2.45, 2.75) is 88.9 Å². The smallest absolute Gasteiger partial charge is 0.0468 e. The number of hydrogen-bond acceptors (Lipinski definition) is 1. The highest BCUT2D eigenvalue weighted by Crippen LogP contribution is 2.54. The largest absolute Gasteiger partial charge is 0.310 e. The molecule has 0 heterocycles. The van der Waals surface area contributed by atoms with Crippen molar-refractivity contribution in [2.75, 3.05) is 4.90 Å². The van der Waals surface area contributed by atoms with E-state index in [9.17, 15) is 0 Å². The van der Waals surface area contributed by atoms with Crippen LogP contribution in [-0.2, 0) is 5.41 Å². The van der Waals surface area contributed by atoms with Gasteiger partial charge < -0.3 is 4.90 Å². The molecule has 0 spiro atoms. The summed E-state index contributed by atoms with van der Waals surface area (Å²) in [6.45, 7) is 4.82. The maximum absolute atomic E-state index is 2.52. The molecule has 4 aliphatic carbocycles. The van der Waals surface area contributed by atoms with Gasteiger partial charge in [-0.25, -0.2) is 0 Å². The molecule has 6 aromatic rings. The van der Waals surface area contributed by atoms with E-state index in [0.717, 1.165) is 17.8 Å². The quantitative estimate of drug-likeness (QED) is 0.171. The van der Waals surface area contributed by atoms with Crippen molar-refractivity contribution in [3.63, 3.8) is 0 Å². The van der Waals surface area contributed by atoms with E-state index < -0.39 is 0 Å². The number of anilines is 3. The lowest BCUT2D eigenvalue weighted by molar-refractivity contribution is 0.420. The van der Waals surface area contributed by atoms with Gasteiger partial charge in [0, 0.05) is 22.5 Å². The lowest BCUT2D eigenvalue weighted by Gasteiger charge is -2.29. The third-order valence-corrected chi connectivity index (χ3v) is 13.5. The van der Waals surface area contributed by atoms with E-state index in [1.807, 2.05) is 0 Å². The summed E-state index contributed by atoms with van der Waals surface area (Å²) < 4.78 is 0. The molecule has 4 aliphatic rings. The van der Waals surface area contributed by atoms with Crippen LogP contribution in [0.2, 0.25) is 0 Å². The van der Waals surface area contributed by atoms with Gasteiger partial charge in [0.25, 0.3) is 0 Å². The van der Waals surface area contributed by atoms with Gasteiger partial charge in [-0.1, -0.05) is 124 Å². The van der Waals surface area contributed by atoms with Crippen molar-refractivity contribution >= 4 is 27.8 Å². The average molecular weight is 664 g/mol. The fraction of sp³-hybridized carbons (Fsp3) is 0.320. The molecule has 2 bridgehead atoms. The second-order valence-electron chi connectivity index (χ2n) is 16.8. The highest BCUT2D eigenvalue weighted by molar-refractivity contribution is 5.91. The fourth-order valence-electron chi connectivity index (χ4n) is 10.7. The Hall–Kier alpha value is -4.62. The topological polar surface area (TPSA) is 3.24 Å². The van der Waals surface area contributed by atoms with E-state index in [2.05, 4.69) is 146 Å². The lowest BCUT2D eigenvalue weighted by atomic mass is 9.81. The van der Waals surface area contributed by atoms with Gasteiger partial charge in [-0.3, -0.25) is 0 Å². The summed E-state index contributed by atoms with van der Waals surface area (Å²) in [6, 6.07) is 49.2. The van der Waals surface area contributed by atoms with Crippen molar-refractivity contribution in [2.24, 2.45) is 11.8 Å². The van der Waals surface area contributed by atoms with Crippen LogP contribution in [0.5, 0.6) is 0 Å². The van der Waals surface area contributed by atoms with Crippen LogP contribution in [0.15, 0.2) is 127 Å². The van der Waals surface area contributed by atoms with Crippen LogP contribution in [-0.4, -0.2) is 0 Å². The number of benzene rings is 6. The van der Waals surface area contributed by atoms with Gasteiger partial charge in [-0.15, -0.1) is 0 Å². The fourth-order valence-corrected chi connectivity index (χ4v) is 10.7. The Morgan fingerprint density at radius 1 is 0.510 bits per heavy atom. The molecule has 10 rings (SSSR count). The highest BCUT2D eigenvalue weighted by Gasteiger charge is 2.40. The van der Waals surface area contributed by atoms with Gasteiger partial charge in [0.1, 0.15) is 0 Å². The standard InChI is InChI=1S/C50H49N/c1-50(2)48-31-39(35-11-7-4-8-12-35)20-25-45(48)46-26-24-44(32-49(46)50)51(42-21-18-37(19-22-42)47-28-33-13-14-40(47)27-33)43-23-17-36-15-16-38(29-41(36)30-43)34-9-5-3-6-10-34/h4,7-8,11-12,15-26,29-34,40,47H,3,5-6,9-10,13-14,27-28H2,1-2H3. The summed E-state index contributed by atoms with van der Waals surface area (Å²) >= 11 is 0. The van der Waals surface area contributed by atoms with Gasteiger partial charge in [-0.2, -0.15) is 0 Å². The molecule has 0 saturated heterocycles. The van der Waals surface area contributed by atoms with Crippen LogP contribution in [0.25, 0.3) is 33.0 Å². The Balaban J connectivity index is 1.07. The van der Waals surface area contributed by atoms with Crippen molar-refractivity contribution in [3.05, 3.63) is 150 Å². The zero-order chi connectivity index (χ0) is 34.1. The predicted molar refractivity (Wildman–Crippen MR) is 216 cm³/mol. The summed E-state index contributed by atoms with van der Waals surface area (Å²) in [7, 11) is 0. The maximum Gasteiger partial charge on any atom is 0.0468 e.